The molecule has 0 amide bonds. The van der Waals surface area contributed by atoms with Gasteiger partial charge in [-0.3, -0.25) is 0 Å². The molecule has 0 unspecified atom stereocenters. The Kier molecular flexibility index (Phi) is 16.2. The number of carboxylic acids is 1. The van der Waals surface area contributed by atoms with Gasteiger partial charge in [0.15, 0.2) is 0 Å². The van der Waals surface area contributed by atoms with E-state index in [4.69, 9.17) is 23.7 Å². The third-order valence-electron chi connectivity index (χ3n) is 3.78. The standard InChI is InChI=1S/C9H20NO2.C8H16O5/c1-3-11-7-4-10(2)5-8-12-9-6-10;1-11-4-5-13-7-6-12-3-2-8(9)10/h3-9H2,1-2H3;2-7H2,1H3,(H,9,10)/q+1;/p-1. The number of likely N-dealkylation sites (N-methyl/N-ethyl adjacent to an activating group) is 1. The Morgan fingerprint density at radius 3 is 2.16 bits per heavy atom. The second kappa shape index (κ2) is 16.7. The van der Waals surface area contributed by atoms with Crippen LogP contribution in [0.25, 0.3) is 0 Å². The van der Waals surface area contributed by atoms with Gasteiger partial charge in [0.25, 0.3) is 0 Å². The number of hydrogen-bond donors (Lipinski definition) is 0. The van der Waals surface area contributed by atoms with Gasteiger partial charge >= 0.3 is 0 Å². The van der Waals surface area contributed by atoms with Crippen molar-refractivity contribution in [2.24, 2.45) is 0 Å². The van der Waals surface area contributed by atoms with Crippen molar-refractivity contribution in [3.63, 3.8) is 0 Å². The number of quaternary nitrogens is 1. The lowest BCUT2D eigenvalue weighted by atomic mass is 10.3. The third-order valence-corrected chi connectivity index (χ3v) is 3.78. The fourth-order valence-corrected chi connectivity index (χ4v) is 2.06. The highest BCUT2D eigenvalue weighted by molar-refractivity contribution is 5.64. The lowest BCUT2D eigenvalue weighted by Gasteiger charge is -2.37. The molecule has 0 aliphatic carbocycles. The zero-order valence-corrected chi connectivity index (χ0v) is 16.0. The smallest absolute Gasteiger partial charge is 0.102 e. The minimum absolute atomic E-state index is 0.0714. The molecule has 150 valence electrons. The molecule has 0 spiro atoms. The molecule has 1 heterocycles. The molecule has 0 N–H and O–H groups in total. The molecule has 0 aromatic rings. The van der Waals surface area contributed by atoms with Crippen LogP contribution in [0.3, 0.4) is 0 Å². The zero-order valence-electron chi connectivity index (χ0n) is 16.0. The minimum atomic E-state index is -1.10. The average Bonchev–Trinajstić information content (AvgIpc) is 2.58. The predicted molar refractivity (Wildman–Crippen MR) is 91.2 cm³/mol. The number of nitrogens with zero attached hydrogens (tertiary/aromatic N) is 1. The Morgan fingerprint density at radius 1 is 1.00 bits per heavy atom. The summed E-state index contributed by atoms with van der Waals surface area (Å²) >= 11 is 0. The van der Waals surface area contributed by atoms with Crippen LogP contribution in [-0.2, 0) is 28.5 Å². The van der Waals surface area contributed by atoms with E-state index in [1.54, 1.807) is 7.11 Å². The van der Waals surface area contributed by atoms with Crippen molar-refractivity contribution in [3.05, 3.63) is 0 Å². The molecule has 0 radical (unpaired) electrons. The zero-order chi connectivity index (χ0) is 18.8. The summed E-state index contributed by atoms with van der Waals surface area (Å²) in [5, 5.41) is 9.93. The van der Waals surface area contributed by atoms with E-state index in [1.165, 1.54) is 0 Å². The number of carbonyl (C=O) groups is 1. The van der Waals surface area contributed by atoms with Crippen LogP contribution >= 0.6 is 0 Å². The van der Waals surface area contributed by atoms with Gasteiger partial charge in [0, 0.05) is 26.1 Å². The number of rotatable bonds is 13. The summed E-state index contributed by atoms with van der Waals surface area (Å²) < 4.78 is 26.5. The molecule has 1 fully saturated rings. The van der Waals surface area contributed by atoms with Crippen molar-refractivity contribution in [1.29, 1.82) is 0 Å². The Morgan fingerprint density at radius 2 is 1.60 bits per heavy atom. The van der Waals surface area contributed by atoms with E-state index < -0.39 is 5.97 Å². The Bertz CT molecular complexity index is 309. The molecule has 0 aromatic heterocycles. The minimum Gasteiger partial charge on any atom is -0.550 e. The van der Waals surface area contributed by atoms with E-state index in [0.717, 1.165) is 50.5 Å². The summed E-state index contributed by atoms with van der Waals surface area (Å²) in [4.78, 5) is 9.93. The van der Waals surface area contributed by atoms with Gasteiger partial charge in [-0.05, 0) is 6.92 Å². The molecule has 8 heteroatoms. The molecule has 1 aliphatic heterocycles. The van der Waals surface area contributed by atoms with E-state index in [-0.39, 0.29) is 13.0 Å². The van der Waals surface area contributed by atoms with Gasteiger partial charge in [-0.25, -0.2) is 0 Å². The van der Waals surface area contributed by atoms with Crippen LogP contribution in [0, 0.1) is 0 Å². The van der Waals surface area contributed by atoms with Gasteiger partial charge in [-0.2, -0.15) is 0 Å². The van der Waals surface area contributed by atoms with Crippen LogP contribution in [0.5, 0.6) is 0 Å². The highest BCUT2D eigenvalue weighted by atomic mass is 16.5. The second-order valence-electron chi connectivity index (χ2n) is 5.94. The van der Waals surface area contributed by atoms with Crippen LogP contribution < -0.4 is 5.11 Å². The number of hydrogen-bond acceptors (Lipinski definition) is 7. The van der Waals surface area contributed by atoms with Crippen molar-refractivity contribution in [2.75, 3.05) is 93.3 Å². The van der Waals surface area contributed by atoms with Gasteiger partial charge in [0.2, 0.25) is 0 Å². The van der Waals surface area contributed by atoms with Crippen molar-refractivity contribution >= 4 is 5.97 Å². The molecule has 1 aliphatic rings. The van der Waals surface area contributed by atoms with Crippen molar-refractivity contribution in [3.8, 4) is 0 Å². The molecule has 0 atom stereocenters. The van der Waals surface area contributed by atoms with Gasteiger partial charge < -0.3 is 38.1 Å². The number of methoxy groups -OCH3 is 1. The summed E-state index contributed by atoms with van der Waals surface area (Å²) in [6, 6.07) is 0. The number of ether oxygens (including phenoxy) is 5. The molecule has 1 saturated heterocycles. The maximum Gasteiger partial charge on any atom is 0.102 e. The summed E-state index contributed by atoms with van der Waals surface area (Å²) in [7, 11) is 3.88. The maximum atomic E-state index is 9.93. The number of carbonyl (C=O) groups excluding carboxylic acids is 1. The van der Waals surface area contributed by atoms with Crippen molar-refractivity contribution in [1.82, 2.24) is 0 Å². The highest BCUT2D eigenvalue weighted by Gasteiger charge is 2.24. The third kappa shape index (κ3) is 16.4. The first kappa shape index (κ1) is 24.2. The van der Waals surface area contributed by atoms with Gasteiger partial charge in [0.1, 0.15) is 19.6 Å². The Balaban J connectivity index is 0.000000462. The van der Waals surface area contributed by atoms with Crippen molar-refractivity contribution < 1.29 is 38.1 Å². The summed E-state index contributed by atoms with van der Waals surface area (Å²) in [5.41, 5.74) is 0. The molecule has 8 nitrogen and oxygen atoms in total. The Labute approximate surface area is 151 Å². The first-order chi connectivity index (χ1) is 12.0. The molecule has 25 heavy (non-hydrogen) atoms. The number of aliphatic carboxylic acids is 1. The highest BCUT2D eigenvalue weighted by Crippen LogP contribution is 2.06. The summed E-state index contributed by atoms with van der Waals surface area (Å²) in [5.74, 6) is -1.10. The van der Waals surface area contributed by atoms with Crippen LogP contribution in [0.2, 0.25) is 0 Å². The van der Waals surface area contributed by atoms with Gasteiger partial charge in [-0.15, -0.1) is 0 Å². The van der Waals surface area contributed by atoms with Crippen LogP contribution in [-0.4, -0.2) is 104 Å². The predicted octanol–water partition coefficient (Wildman–Crippen LogP) is -0.694. The van der Waals surface area contributed by atoms with Crippen molar-refractivity contribution in [2.45, 2.75) is 13.3 Å². The quantitative estimate of drug-likeness (QED) is 0.315. The lowest BCUT2D eigenvalue weighted by Crippen LogP contribution is -2.53. The molecular formula is C17H35NO7. The lowest BCUT2D eigenvalue weighted by molar-refractivity contribution is -0.917. The fraction of sp³-hybridized carbons (Fsp3) is 0.941. The van der Waals surface area contributed by atoms with Gasteiger partial charge in [-0.1, -0.05) is 0 Å². The van der Waals surface area contributed by atoms with Gasteiger partial charge in [0.05, 0.1) is 59.9 Å². The van der Waals surface area contributed by atoms with Crippen LogP contribution in [0.15, 0.2) is 0 Å². The Hall–Kier alpha value is -0.770. The summed E-state index contributed by atoms with van der Waals surface area (Å²) in [6.45, 7) is 11.1. The summed E-state index contributed by atoms with van der Waals surface area (Å²) in [6.07, 6.45) is -0.0714. The van der Waals surface area contributed by atoms with E-state index in [1.807, 2.05) is 6.92 Å². The molecule has 0 aromatic carbocycles. The second-order valence-corrected chi connectivity index (χ2v) is 5.94. The van der Waals surface area contributed by atoms with E-state index in [2.05, 4.69) is 7.05 Å². The largest absolute Gasteiger partial charge is 0.550 e. The number of carboxylic acid groups (broad SMARTS) is 1. The first-order valence-electron chi connectivity index (χ1n) is 8.87. The van der Waals surface area contributed by atoms with E-state index >= 15 is 0 Å². The molecule has 1 rings (SSSR count). The first-order valence-corrected chi connectivity index (χ1v) is 8.87. The molecular weight excluding hydrogens is 330 g/mol. The van der Waals surface area contributed by atoms with Crippen LogP contribution in [0.4, 0.5) is 0 Å². The average molecular weight is 365 g/mol. The normalized spacial score (nSPS) is 16.1. The molecule has 0 bridgehead atoms. The van der Waals surface area contributed by atoms with Crippen LogP contribution in [0.1, 0.15) is 13.3 Å². The monoisotopic (exact) mass is 365 g/mol. The van der Waals surface area contributed by atoms with E-state index in [9.17, 15) is 9.90 Å². The molecule has 0 saturated carbocycles. The maximum absolute atomic E-state index is 9.93. The van der Waals surface area contributed by atoms with E-state index in [0.29, 0.717) is 26.4 Å². The number of morpholine rings is 1. The fourth-order valence-electron chi connectivity index (χ4n) is 2.06. The SMILES string of the molecule is CCOCC[N+]1(C)CCOCC1.COCCOCCOCCC(=O)[O-]. The topological polar surface area (TPSA) is 86.3 Å².